The maximum absolute atomic E-state index is 12.3. The second kappa shape index (κ2) is 7.66. The van der Waals surface area contributed by atoms with Crippen LogP contribution >= 0.6 is 0 Å². The number of rotatable bonds is 6. The molecule has 0 fully saturated rings. The fraction of sp³-hybridized carbons (Fsp3) is 0.350. The molecule has 2 aromatic rings. The lowest BCUT2D eigenvalue weighted by molar-refractivity contribution is -0.384. The molecule has 0 radical (unpaired) electrons. The van der Waals surface area contributed by atoms with E-state index in [2.05, 4.69) is 41.5 Å². The molecule has 1 unspecified atom stereocenters. The van der Waals surface area contributed by atoms with Crippen molar-refractivity contribution in [2.24, 2.45) is 0 Å². The summed E-state index contributed by atoms with van der Waals surface area (Å²) < 4.78 is 0. The Morgan fingerprint density at radius 1 is 1.31 bits per heavy atom. The van der Waals surface area contributed by atoms with Gasteiger partial charge in [-0.25, -0.2) is 0 Å². The average molecular weight is 353 g/mol. The molecule has 136 valence electrons. The molecule has 1 aliphatic carbocycles. The zero-order valence-corrected chi connectivity index (χ0v) is 15.1. The summed E-state index contributed by atoms with van der Waals surface area (Å²) in [5.41, 5.74) is 4.09. The van der Waals surface area contributed by atoms with Gasteiger partial charge < -0.3 is 5.32 Å². The number of aryl methyl sites for hydroxylation is 2. The van der Waals surface area contributed by atoms with Gasteiger partial charge in [-0.15, -0.1) is 0 Å². The van der Waals surface area contributed by atoms with Gasteiger partial charge in [0.05, 0.1) is 4.92 Å². The van der Waals surface area contributed by atoms with Crippen LogP contribution < -0.4 is 5.32 Å². The van der Waals surface area contributed by atoms with Crippen molar-refractivity contribution in [3.63, 3.8) is 0 Å². The van der Waals surface area contributed by atoms with Crippen molar-refractivity contribution in [2.75, 3.05) is 18.9 Å². The lowest BCUT2D eigenvalue weighted by Gasteiger charge is -2.25. The highest BCUT2D eigenvalue weighted by atomic mass is 16.6. The number of hydrogen-bond donors (Lipinski definition) is 1. The van der Waals surface area contributed by atoms with Crippen LogP contribution in [-0.4, -0.2) is 29.3 Å². The van der Waals surface area contributed by atoms with Crippen molar-refractivity contribution in [1.29, 1.82) is 0 Å². The Morgan fingerprint density at radius 2 is 2.08 bits per heavy atom. The summed E-state index contributed by atoms with van der Waals surface area (Å²) >= 11 is 0. The van der Waals surface area contributed by atoms with Crippen molar-refractivity contribution in [2.45, 2.75) is 32.2 Å². The summed E-state index contributed by atoms with van der Waals surface area (Å²) in [6, 6.07) is 13.3. The number of nitro groups is 1. The molecular formula is C20H23N3O3. The minimum atomic E-state index is -0.437. The van der Waals surface area contributed by atoms with Gasteiger partial charge in [0.1, 0.15) is 0 Å². The van der Waals surface area contributed by atoms with Gasteiger partial charge in [0, 0.05) is 36.8 Å². The van der Waals surface area contributed by atoms with E-state index >= 15 is 0 Å². The van der Waals surface area contributed by atoms with Gasteiger partial charge in [0.15, 0.2) is 0 Å². The van der Waals surface area contributed by atoms with Crippen LogP contribution in [0, 0.1) is 17.0 Å². The van der Waals surface area contributed by atoms with Crippen LogP contribution in [0.5, 0.6) is 0 Å². The fourth-order valence-corrected chi connectivity index (χ4v) is 3.54. The van der Waals surface area contributed by atoms with Crippen LogP contribution in [0.4, 0.5) is 11.4 Å². The van der Waals surface area contributed by atoms with Crippen LogP contribution in [0.2, 0.25) is 0 Å². The molecule has 0 aliphatic heterocycles. The lowest BCUT2D eigenvalue weighted by Crippen LogP contribution is -2.27. The van der Waals surface area contributed by atoms with Gasteiger partial charge in [-0.1, -0.05) is 24.3 Å². The molecule has 1 aliphatic rings. The third kappa shape index (κ3) is 3.91. The summed E-state index contributed by atoms with van der Waals surface area (Å²) in [6.07, 6.45) is 2.55. The number of amides is 1. The first-order valence-electron chi connectivity index (χ1n) is 8.78. The highest BCUT2D eigenvalue weighted by Crippen LogP contribution is 2.34. The molecule has 1 amide bonds. The first-order valence-corrected chi connectivity index (χ1v) is 8.78. The SMILES string of the molecule is Cc1cc([N+](=O)[O-])ccc1NC(=O)CCN(C)C1CCc2ccccc21. The largest absolute Gasteiger partial charge is 0.326 e. The Morgan fingerprint density at radius 3 is 2.81 bits per heavy atom. The Labute approximate surface area is 153 Å². The number of non-ortho nitro benzene ring substituents is 1. The molecule has 2 aromatic carbocycles. The van der Waals surface area contributed by atoms with Crippen LogP contribution in [0.3, 0.4) is 0 Å². The van der Waals surface area contributed by atoms with E-state index in [4.69, 9.17) is 0 Å². The predicted octanol–water partition coefficient (Wildman–Crippen LogP) is 3.85. The van der Waals surface area contributed by atoms with E-state index in [-0.39, 0.29) is 11.6 Å². The Bertz CT molecular complexity index is 835. The summed E-state index contributed by atoms with van der Waals surface area (Å²) in [7, 11) is 2.05. The van der Waals surface area contributed by atoms with E-state index < -0.39 is 4.92 Å². The number of fused-ring (bicyclic) bond motifs is 1. The zero-order chi connectivity index (χ0) is 18.7. The average Bonchev–Trinajstić information content (AvgIpc) is 3.05. The number of benzene rings is 2. The van der Waals surface area contributed by atoms with Gasteiger partial charge in [0.2, 0.25) is 5.91 Å². The van der Waals surface area contributed by atoms with E-state index in [9.17, 15) is 14.9 Å². The van der Waals surface area contributed by atoms with Crippen molar-refractivity contribution < 1.29 is 9.72 Å². The smallest absolute Gasteiger partial charge is 0.269 e. The maximum atomic E-state index is 12.3. The summed E-state index contributed by atoms with van der Waals surface area (Å²) in [5.74, 6) is -0.0833. The van der Waals surface area contributed by atoms with Gasteiger partial charge >= 0.3 is 0 Å². The van der Waals surface area contributed by atoms with E-state index in [1.54, 1.807) is 13.0 Å². The summed E-state index contributed by atoms with van der Waals surface area (Å²) in [5, 5.41) is 13.6. The molecule has 26 heavy (non-hydrogen) atoms. The topological polar surface area (TPSA) is 75.5 Å². The van der Waals surface area contributed by atoms with Gasteiger partial charge in [-0.05, 0) is 49.6 Å². The third-order valence-corrected chi connectivity index (χ3v) is 5.02. The van der Waals surface area contributed by atoms with Crippen molar-refractivity contribution in [3.8, 4) is 0 Å². The number of anilines is 1. The second-order valence-corrected chi connectivity index (χ2v) is 6.79. The summed E-state index contributed by atoms with van der Waals surface area (Å²) in [6.45, 7) is 2.42. The normalized spacial score (nSPS) is 15.7. The van der Waals surface area contributed by atoms with Crippen LogP contribution in [0.1, 0.15) is 35.6 Å². The molecule has 3 rings (SSSR count). The zero-order valence-electron chi connectivity index (χ0n) is 15.1. The molecule has 1 N–H and O–H groups in total. The summed E-state index contributed by atoms with van der Waals surface area (Å²) in [4.78, 5) is 24.9. The quantitative estimate of drug-likeness (QED) is 0.632. The first kappa shape index (κ1) is 18.1. The van der Waals surface area contributed by atoms with Crippen molar-refractivity contribution in [1.82, 2.24) is 4.90 Å². The molecule has 6 heteroatoms. The minimum Gasteiger partial charge on any atom is -0.326 e. The van der Waals surface area contributed by atoms with E-state index in [0.29, 0.717) is 30.3 Å². The van der Waals surface area contributed by atoms with E-state index in [0.717, 1.165) is 12.8 Å². The van der Waals surface area contributed by atoms with Gasteiger partial charge in [-0.3, -0.25) is 19.8 Å². The minimum absolute atomic E-state index is 0.0279. The van der Waals surface area contributed by atoms with Gasteiger partial charge in [0.25, 0.3) is 5.69 Å². The monoisotopic (exact) mass is 353 g/mol. The highest BCUT2D eigenvalue weighted by Gasteiger charge is 2.25. The molecule has 0 saturated heterocycles. The Hall–Kier alpha value is -2.73. The molecule has 0 saturated carbocycles. The van der Waals surface area contributed by atoms with Crippen LogP contribution in [-0.2, 0) is 11.2 Å². The number of hydrogen-bond acceptors (Lipinski definition) is 4. The lowest BCUT2D eigenvalue weighted by atomic mass is 10.1. The molecular weight excluding hydrogens is 330 g/mol. The molecule has 6 nitrogen and oxygen atoms in total. The first-order chi connectivity index (χ1) is 12.5. The number of nitrogens with zero attached hydrogens (tertiary/aromatic N) is 2. The number of nitro benzene ring substituents is 1. The number of nitrogens with one attached hydrogen (secondary N) is 1. The Balaban J connectivity index is 1.55. The van der Waals surface area contributed by atoms with Crippen molar-refractivity contribution in [3.05, 3.63) is 69.3 Å². The predicted molar refractivity (Wildman–Crippen MR) is 101 cm³/mol. The van der Waals surface area contributed by atoms with Gasteiger partial charge in [-0.2, -0.15) is 0 Å². The second-order valence-electron chi connectivity index (χ2n) is 6.79. The molecule has 1 atom stereocenters. The molecule has 0 spiro atoms. The Kier molecular flexibility index (Phi) is 5.32. The molecule has 0 bridgehead atoms. The van der Waals surface area contributed by atoms with Crippen LogP contribution in [0.25, 0.3) is 0 Å². The standard InChI is InChI=1S/C20H23N3O3/c1-14-13-16(23(25)26)8-9-18(14)21-20(24)11-12-22(2)19-10-7-15-5-3-4-6-17(15)19/h3-6,8-9,13,19H,7,10-12H2,1-2H3,(H,21,24). The van der Waals surface area contributed by atoms with Crippen molar-refractivity contribution >= 4 is 17.3 Å². The maximum Gasteiger partial charge on any atom is 0.269 e. The number of carbonyl (C=O) groups excluding carboxylic acids is 1. The number of carbonyl (C=O) groups is 1. The van der Waals surface area contributed by atoms with E-state index in [1.807, 2.05) is 0 Å². The molecule has 0 aromatic heterocycles. The fourth-order valence-electron chi connectivity index (χ4n) is 3.54. The van der Waals surface area contributed by atoms with Crippen LogP contribution in [0.15, 0.2) is 42.5 Å². The molecule has 0 heterocycles. The van der Waals surface area contributed by atoms with E-state index in [1.165, 1.54) is 23.3 Å². The third-order valence-electron chi connectivity index (χ3n) is 5.02. The highest BCUT2D eigenvalue weighted by molar-refractivity contribution is 5.91.